The second kappa shape index (κ2) is 7.57. The van der Waals surface area contributed by atoms with Crippen LogP contribution in [0.2, 0.25) is 0 Å². The quantitative estimate of drug-likeness (QED) is 0.518. The first kappa shape index (κ1) is 19.8. The Balaban J connectivity index is 1.99. The molecule has 0 spiro atoms. The fraction of sp³-hybridized carbons (Fsp3) is 0.375. The van der Waals surface area contributed by atoms with E-state index in [1.165, 1.54) is 0 Å². The maximum atomic E-state index is 12.5. The van der Waals surface area contributed by atoms with Crippen LogP contribution in [-0.2, 0) is 4.57 Å². The van der Waals surface area contributed by atoms with Crippen LogP contribution in [0.4, 0.5) is 0 Å². The van der Waals surface area contributed by atoms with Crippen molar-refractivity contribution in [2.24, 2.45) is 5.41 Å². The van der Waals surface area contributed by atoms with E-state index >= 15 is 0 Å². The van der Waals surface area contributed by atoms with Gasteiger partial charge in [0.25, 0.3) is 0 Å². The van der Waals surface area contributed by atoms with Crippen LogP contribution in [0.25, 0.3) is 0 Å². The molecule has 0 saturated heterocycles. The van der Waals surface area contributed by atoms with E-state index in [2.05, 4.69) is 44.7 Å². The molecule has 27 heavy (non-hydrogen) atoms. The van der Waals surface area contributed by atoms with Crippen molar-refractivity contribution in [2.45, 2.75) is 39.7 Å². The molecule has 3 heteroatoms. The highest BCUT2D eigenvalue weighted by molar-refractivity contribution is 7.70. The predicted molar refractivity (Wildman–Crippen MR) is 114 cm³/mol. The van der Waals surface area contributed by atoms with Crippen LogP contribution < -0.4 is 10.0 Å². The van der Waals surface area contributed by atoms with Gasteiger partial charge in [0.1, 0.15) is 12.9 Å². The molecule has 0 aromatic heterocycles. The maximum absolute atomic E-state index is 12.5. The van der Waals surface area contributed by atoms with Crippen LogP contribution in [0.3, 0.4) is 0 Å². The number of hydrogen-bond donors (Lipinski definition) is 0. The van der Waals surface area contributed by atoms with Crippen molar-refractivity contribution in [3.8, 4) is 17.6 Å². The molecule has 141 valence electrons. The van der Waals surface area contributed by atoms with E-state index in [1.54, 1.807) is 13.3 Å². The topological polar surface area (TPSA) is 26.3 Å². The molecule has 0 amide bonds. The third-order valence-electron chi connectivity index (χ3n) is 4.54. The van der Waals surface area contributed by atoms with E-state index in [0.29, 0.717) is 0 Å². The van der Waals surface area contributed by atoms with Gasteiger partial charge in [-0.1, -0.05) is 69.0 Å². The Labute approximate surface area is 163 Å². The normalized spacial score (nSPS) is 14.6. The summed E-state index contributed by atoms with van der Waals surface area (Å²) < 4.78 is 18.6. The molecule has 0 bridgehead atoms. The molecule has 0 unspecified atom stereocenters. The molecule has 1 fully saturated rings. The Kier molecular flexibility index (Phi) is 5.55. The zero-order valence-electron chi connectivity index (χ0n) is 16.9. The summed E-state index contributed by atoms with van der Waals surface area (Å²) in [6, 6.07) is 16.1. The summed E-state index contributed by atoms with van der Waals surface area (Å²) in [5.41, 5.74) is 1.94. The molecule has 0 atom stereocenters. The van der Waals surface area contributed by atoms with E-state index in [9.17, 15) is 4.57 Å². The van der Waals surface area contributed by atoms with Gasteiger partial charge in [-0.25, -0.2) is 0 Å². The van der Waals surface area contributed by atoms with E-state index in [1.807, 2.05) is 36.4 Å². The Morgan fingerprint density at radius 2 is 1.74 bits per heavy atom. The minimum Gasteiger partial charge on any atom is -0.489 e. The summed E-state index contributed by atoms with van der Waals surface area (Å²) in [5.74, 6) is 8.59. The van der Waals surface area contributed by atoms with Crippen LogP contribution in [0, 0.1) is 23.2 Å². The molecule has 0 aliphatic heterocycles. The molecule has 3 rings (SSSR count). The lowest BCUT2D eigenvalue weighted by molar-refractivity contribution is 0.302. The molecule has 2 aromatic rings. The Morgan fingerprint density at radius 1 is 1.07 bits per heavy atom. The van der Waals surface area contributed by atoms with Gasteiger partial charge in [-0.05, 0) is 49.3 Å². The van der Waals surface area contributed by atoms with Crippen molar-refractivity contribution in [2.75, 3.05) is 13.3 Å². The third kappa shape index (κ3) is 5.27. The van der Waals surface area contributed by atoms with Crippen molar-refractivity contribution >= 4 is 12.4 Å². The average Bonchev–Trinajstić information content (AvgIpc) is 3.39. The van der Waals surface area contributed by atoms with Crippen molar-refractivity contribution in [3.63, 3.8) is 0 Å². The van der Waals surface area contributed by atoms with Gasteiger partial charge in [0.15, 0.2) is 0 Å². The minimum absolute atomic E-state index is 0.0612. The summed E-state index contributed by atoms with van der Waals surface area (Å²) in [4.78, 5) is 0. The second-order valence-electron chi connectivity index (χ2n) is 8.59. The van der Waals surface area contributed by atoms with Crippen LogP contribution in [0.15, 0.2) is 48.5 Å². The smallest absolute Gasteiger partial charge is 0.136 e. The lowest BCUT2D eigenvalue weighted by atomic mass is 9.77. The SMILES string of the molecule is CC(C)(C)[C](C#Cc1ccc(P(C)(C)=O)cc1OC1CC1)c1ccccc1. The molecule has 2 nitrogen and oxygen atoms in total. The standard InChI is InChI=1S/C24H28O2P/c1-24(2,3)22(18-9-7-6-8-10-18)16-12-19-11-15-21(27(4,5)25)17-23(19)26-20-13-14-20/h6-11,15,17,20H,13-14H2,1-5H3. The van der Waals surface area contributed by atoms with Crippen molar-refractivity contribution < 1.29 is 9.30 Å². The van der Waals surface area contributed by atoms with Gasteiger partial charge < -0.3 is 9.30 Å². The van der Waals surface area contributed by atoms with Crippen LogP contribution in [0.1, 0.15) is 44.7 Å². The first-order valence-electron chi connectivity index (χ1n) is 9.46. The first-order chi connectivity index (χ1) is 12.6. The number of rotatable bonds is 4. The fourth-order valence-corrected chi connectivity index (χ4v) is 3.70. The zero-order valence-corrected chi connectivity index (χ0v) is 17.8. The minimum atomic E-state index is -2.33. The Hall–Kier alpha value is -1.97. The highest BCUT2D eigenvalue weighted by Crippen LogP contribution is 2.38. The molecule has 2 aromatic carbocycles. The third-order valence-corrected chi connectivity index (χ3v) is 6.06. The van der Waals surface area contributed by atoms with Gasteiger partial charge in [0.05, 0.1) is 17.6 Å². The maximum Gasteiger partial charge on any atom is 0.136 e. The molecule has 0 heterocycles. The number of ether oxygens (including phenoxy) is 1. The van der Waals surface area contributed by atoms with Crippen molar-refractivity contribution in [1.29, 1.82) is 0 Å². The monoisotopic (exact) mass is 379 g/mol. The van der Waals surface area contributed by atoms with Crippen LogP contribution in [0.5, 0.6) is 5.75 Å². The largest absolute Gasteiger partial charge is 0.489 e. The van der Waals surface area contributed by atoms with Gasteiger partial charge >= 0.3 is 0 Å². The molecular formula is C24H28O2P. The Bertz CT molecular complexity index is 903. The molecule has 1 aliphatic carbocycles. The second-order valence-corrected chi connectivity index (χ2v) is 11.8. The van der Waals surface area contributed by atoms with Gasteiger partial charge in [0.2, 0.25) is 0 Å². The molecular weight excluding hydrogens is 351 g/mol. The zero-order chi connectivity index (χ0) is 19.7. The molecule has 1 aliphatic rings. The highest BCUT2D eigenvalue weighted by Gasteiger charge is 2.27. The first-order valence-corrected chi connectivity index (χ1v) is 12.1. The average molecular weight is 379 g/mol. The molecule has 1 radical (unpaired) electrons. The van der Waals surface area contributed by atoms with Crippen LogP contribution >= 0.6 is 7.14 Å². The van der Waals surface area contributed by atoms with Crippen LogP contribution in [-0.4, -0.2) is 19.4 Å². The number of hydrogen-bond acceptors (Lipinski definition) is 2. The fourth-order valence-electron chi connectivity index (χ4n) is 2.84. The van der Waals surface area contributed by atoms with Crippen molar-refractivity contribution in [3.05, 3.63) is 65.6 Å². The van der Waals surface area contributed by atoms with E-state index in [-0.39, 0.29) is 11.5 Å². The Morgan fingerprint density at radius 3 is 2.30 bits per heavy atom. The predicted octanol–water partition coefficient (Wildman–Crippen LogP) is 5.50. The summed E-state index contributed by atoms with van der Waals surface area (Å²) >= 11 is 0. The van der Waals surface area contributed by atoms with E-state index in [4.69, 9.17) is 4.74 Å². The number of benzene rings is 2. The highest BCUT2D eigenvalue weighted by atomic mass is 31.2. The van der Waals surface area contributed by atoms with E-state index in [0.717, 1.165) is 40.9 Å². The van der Waals surface area contributed by atoms with Crippen molar-refractivity contribution in [1.82, 2.24) is 0 Å². The summed E-state index contributed by atoms with van der Waals surface area (Å²) in [6.45, 7) is 10.1. The van der Waals surface area contributed by atoms with E-state index < -0.39 is 7.14 Å². The molecule has 0 N–H and O–H groups in total. The van der Waals surface area contributed by atoms with Gasteiger partial charge in [-0.2, -0.15) is 0 Å². The molecule has 1 saturated carbocycles. The van der Waals surface area contributed by atoms with Gasteiger partial charge in [-0.15, -0.1) is 0 Å². The van der Waals surface area contributed by atoms with Gasteiger partial charge in [-0.3, -0.25) is 0 Å². The summed E-state index contributed by atoms with van der Waals surface area (Å²) in [7, 11) is -2.33. The lowest BCUT2D eigenvalue weighted by Gasteiger charge is -2.25. The van der Waals surface area contributed by atoms with Gasteiger partial charge in [0, 0.05) is 5.30 Å². The lowest BCUT2D eigenvalue weighted by Crippen LogP contribution is -2.18. The summed E-state index contributed by atoms with van der Waals surface area (Å²) in [5, 5.41) is 0.840. The summed E-state index contributed by atoms with van der Waals surface area (Å²) in [6.07, 6.45) is 2.43.